The van der Waals surface area contributed by atoms with Crippen molar-refractivity contribution in [3.8, 4) is 16.9 Å². The van der Waals surface area contributed by atoms with Crippen molar-refractivity contribution in [2.45, 2.75) is 20.4 Å². The number of amides is 1. The highest BCUT2D eigenvalue weighted by Gasteiger charge is 2.16. The van der Waals surface area contributed by atoms with Crippen LogP contribution in [-0.4, -0.2) is 38.7 Å². The first kappa shape index (κ1) is 20.1. The number of likely N-dealkylation sites (N-methyl/N-ethyl adjacent to an activating group) is 1. The number of aryl methyl sites for hydroxylation is 2. The number of carbonyl (C=O) groups excluding carboxylic acids is 1. The van der Waals surface area contributed by atoms with E-state index in [0.29, 0.717) is 6.54 Å². The van der Waals surface area contributed by atoms with Crippen LogP contribution in [0.2, 0.25) is 0 Å². The molecule has 6 heteroatoms. The van der Waals surface area contributed by atoms with E-state index in [1.807, 2.05) is 42.6 Å². The molecule has 0 aliphatic rings. The molecule has 3 aromatic rings. The molecular weight excluding hydrogens is 366 g/mol. The summed E-state index contributed by atoms with van der Waals surface area (Å²) in [6, 6.07) is 15.9. The predicted octanol–water partition coefficient (Wildman–Crippen LogP) is 3.76. The predicted molar refractivity (Wildman–Crippen MR) is 112 cm³/mol. The van der Waals surface area contributed by atoms with Crippen LogP contribution < -0.4 is 0 Å². The molecule has 148 valence electrons. The van der Waals surface area contributed by atoms with Crippen molar-refractivity contribution >= 4 is 11.9 Å². The fraction of sp³-hybridized carbons (Fsp3) is 0.174. The summed E-state index contributed by atoms with van der Waals surface area (Å²) in [5, 5.41) is 13.5. The number of aromatic nitrogens is 2. The Balaban J connectivity index is 1.99. The summed E-state index contributed by atoms with van der Waals surface area (Å²) in [6.45, 7) is 4.42. The quantitative estimate of drug-likeness (QED) is 0.652. The summed E-state index contributed by atoms with van der Waals surface area (Å²) in [5.74, 6) is -1.54. The molecule has 1 N–H and O–H groups in total. The summed E-state index contributed by atoms with van der Waals surface area (Å²) < 4.78 is 1.80. The minimum Gasteiger partial charge on any atom is -0.478 e. The number of carboxylic acids is 1. The van der Waals surface area contributed by atoms with Crippen LogP contribution >= 0.6 is 0 Å². The molecule has 0 aliphatic carbocycles. The van der Waals surface area contributed by atoms with E-state index in [1.54, 1.807) is 11.7 Å². The van der Waals surface area contributed by atoms with Gasteiger partial charge >= 0.3 is 5.97 Å². The van der Waals surface area contributed by atoms with Gasteiger partial charge in [0.15, 0.2) is 0 Å². The molecule has 1 heterocycles. The smallest absolute Gasteiger partial charge is 0.328 e. The van der Waals surface area contributed by atoms with E-state index in [4.69, 9.17) is 10.2 Å². The van der Waals surface area contributed by atoms with Gasteiger partial charge in [0.1, 0.15) is 0 Å². The van der Waals surface area contributed by atoms with Gasteiger partial charge in [0.2, 0.25) is 5.91 Å². The van der Waals surface area contributed by atoms with Crippen molar-refractivity contribution in [1.82, 2.24) is 14.7 Å². The molecule has 0 radical (unpaired) electrons. The Bertz CT molecular complexity index is 1070. The number of hydrogen-bond acceptors (Lipinski definition) is 3. The Morgan fingerprint density at radius 2 is 1.79 bits per heavy atom. The van der Waals surface area contributed by atoms with Crippen molar-refractivity contribution in [3.05, 3.63) is 83.6 Å². The number of hydrogen-bond donors (Lipinski definition) is 1. The van der Waals surface area contributed by atoms with E-state index >= 15 is 0 Å². The Hall–Kier alpha value is -3.67. The fourth-order valence-corrected chi connectivity index (χ4v) is 2.97. The third-order valence-corrected chi connectivity index (χ3v) is 4.74. The van der Waals surface area contributed by atoms with Gasteiger partial charge in [0, 0.05) is 43.1 Å². The average Bonchev–Trinajstić information content (AvgIpc) is 3.12. The molecule has 1 aromatic heterocycles. The zero-order valence-corrected chi connectivity index (χ0v) is 16.7. The molecule has 0 unspecified atom stereocenters. The highest BCUT2D eigenvalue weighted by atomic mass is 16.4. The Labute approximate surface area is 169 Å². The van der Waals surface area contributed by atoms with E-state index < -0.39 is 5.97 Å². The molecule has 3 rings (SSSR count). The van der Waals surface area contributed by atoms with Gasteiger partial charge in [-0.15, -0.1) is 0 Å². The third-order valence-electron chi connectivity index (χ3n) is 4.74. The van der Waals surface area contributed by atoms with Gasteiger partial charge in [-0.05, 0) is 43.2 Å². The molecule has 2 aromatic carbocycles. The molecule has 6 nitrogen and oxygen atoms in total. The van der Waals surface area contributed by atoms with Crippen LogP contribution in [0.15, 0.2) is 66.9 Å². The molecule has 0 fully saturated rings. The van der Waals surface area contributed by atoms with Gasteiger partial charge in [0.25, 0.3) is 0 Å². The van der Waals surface area contributed by atoms with Gasteiger partial charge in [-0.2, -0.15) is 5.10 Å². The second-order valence-electron chi connectivity index (χ2n) is 6.95. The minimum absolute atomic E-state index is 0.303. The third kappa shape index (κ3) is 4.79. The highest BCUT2D eigenvalue weighted by molar-refractivity contribution is 5.93. The molecule has 0 spiro atoms. The van der Waals surface area contributed by atoms with Gasteiger partial charge in [0.05, 0.1) is 11.4 Å². The van der Waals surface area contributed by atoms with Crippen LogP contribution in [0.3, 0.4) is 0 Å². The zero-order valence-electron chi connectivity index (χ0n) is 16.7. The second-order valence-corrected chi connectivity index (χ2v) is 6.95. The normalized spacial score (nSPS) is 11.0. The van der Waals surface area contributed by atoms with Crippen LogP contribution in [-0.2, 0) is 16.1 Å². The monoisotopic (exact) mass is 389 g/mol. The second kappa shape index (κ2) is 8.56. The van der Waals surface area contributed by atoms with Crippen molar-refractivity contribution in [2.75, 3.05) is 7.05 Å². The molecule has 0 aliphatic heterocycles. The molecular formula is C23H23N3O3. The molecule has 29 heavy (non-hydrogen) atoms. The maximum absolute atomic E-state index is 12.2. The lowest BCUT2D eigenvalue weighted by atomic mass is 10.0. The lowest BCUT2D eigenvalue weighted by Crippen LogP contribution is -2.24. The number of aliphatic carboxylic acids is 1. The maximum atomic E-state index is 12.2. The van der Waals surface area contributed by atoms with Crippen LogP contribution in [0.5, 0.6) is 0 Å². The van der Waals surface area contributed by atoms with Gasteiger partial charge in [-0.3, -0.25) is 4.79 Å². The average molecular weight is 389 g/mol. The van der Waals surface area contributed by atoms with Gasteiger partial charge in [-0.1, -0.05) is 30.3 Å². The standard InChI is InChI=1S/C23H23N3O3/c1-16-9-10-18(13-17(16)2)23-19(14-25(3)21(27)11-12-22(28)29)15-26(24-23)20-7-5-4-6-8-20/h4-13,15H,14H2,1-3H3,(H,28,29)/b12-11+. The Morgan fingerprint density at radius 1 is 1.07 bits per heavy atom. The number of para-hydroxylation sites is 1. The zero-order chi connectivity index (χ0) is 21.0. The first-order valence-corrected chi connectivity index (χ1v) is 9.23. The van der Waals surface area contributed by atoms with Crippen LogP contribution in [0.4, 0.5) is 0 Å². The van der Waals surface area contributed by atoms with Gasteiger partial charge < -0.3 is 10.0 Å². The summed E-state index contributed by atoms with van der Waals surface area (Å²) in [6.07, 6.45) is 3.81. The maximum Gasteiger partial charge on any atom is 0.328 e. The van der Waals surface area contributed by atoms with Crippen molar-refractivity contribution in [1.29, 1.82) is 0 Å². The number of rotatable bonds is 6. The minimum atomic E-state index is -1.15. The summed E-state index contributed by atoms with van der Waals surface area (Å²) in [4.78, 5) is 24.4. The van der Waals surface area contributed by atoms with E-state index in [-0.39, 0.29) is 5.91 Å². The van der Waals surface area contributed by atoms with Crippen LogP contribution in [0, 0.1) is 13.8 Å². The van der Waals surface area contributed by atoms with E-state index in [2.05, 4.69) is 26.0 Å². The SMILES string of the molecule is Cc1ccc(-c2nn(-c3ccccc3)cc2CN(C)C(=O)/C=C/C(=O)O)cc1C. The first-order valence-electron chi connectivity index (χ1n) is 9.23. The van der Waals surface area contributed by atoms with E-state index in [0.717, 1.165) is 40.2 Å². The lowest BCUT2D eigenvalue weighted by molar-refractivity contribution is -0.132. The summed E-state index contributed by atoms with van der Waals surface area (Å²) in [7, 11) is 1.64. The van der Waals surface area contributed by atoms with Crippen molar-refractivity contribution in [2.24, 2.45) is 0 Å². The lowest BCUT2D eigenvalue weighted by Gasteiger charge is -2.15. The van der Waals surface area contributed by atoms with E-state index in [1.165, 1.54) is 10.5 Å². The largest absolute Gasteiger partial charge is 0.478 e. The number of carbonyl (C=O) groups is 2. The molecule has 0 saturated heterocycles. The number of benzene rings is 2. The number of nitrogens with zero attached hydrogens (tertiary/aromatic N) is 3. The Kier molecular flexibility index (Phi) is 5.93. The van der Waals surface area contributed by atoms with E-state index in [9.17, 15) is 9.59 Å². The molecule has 0 bridgehead atoms. The van der Waals surface area contributed by atoms with Gasteiger partial charge in [-0.25, -0.2) is 9.48 Å². The molecule has 1 amide bonds. The Morgan fingerprint density at radius 3 is 2.45 bits per heavy atom. The molecule has 0 saturated carbocycles. The topological polar surface area (TPSA) is 75.4 Å². The van der Waals surface area contributed by atoms with Crippen molar-refractivity contribution < 1.29 is 14.7 Å². The summed E-state index contributed by atoms with van der Waals surface area (Å²) in [5.41, 5.74) is 5.92. The van der Waals surface area contributed by atoms with Crippen molar-refractivity contribution in [3.63, 3.8) is 0 Å². The highest BCUT2D eigenvalue weighted by Crippen LogP contribution is 2.26. The summed E-state index contributed by atoms with van der Waals surface area (Å²) >= 11 is 0. The number of carboxylic acid groups (broad SMARTS) is 1. The fourth-order valence-electron chi connectivity index (χ4n) is 2.97. The first-order chi connectivity index (χ1) is 13.8. The molecule has 0 atom stereocenters. The van der Waals surface area contributed by atoms with Crippen LogP contribution in [0.1, 0.15) is 16.7 Å². The van der Waals surface area contributed by atoms with Crippen LogP contribution in [0.25, 0.3) is 16.9 Å².